The molecule has 0 aromatic heterocycles. The smallest absolute Gasteiger partial charge is 0.455 e. The van der Waals surface area contributed by atoms with Gasteiger partial charge in [0, 0.05) is 0 Å². The first-order valence-electron chi connectivity index (χ1n) is 3.95. The quantitative estimate of drug-likeness (QED) is 0.344. The highest BCUT2D eigenvalue weighted by atomic mass is 19.4. The van der Waals surface area contributed by atoms with Crippen LogP contribution in [0.5, 0.6) is 0 Å². The van der Waals surface area contributed by atoms with Crippen molar-refractivity contribution in [3.63, 3.8) is 0 Å². The van der Waals surface area contributed by atoms with Gasteiger partial charge < -0.3 is 4.74 Å². The molecular weight excluding hydrogens is 275 g/mol. The molecule has 0 heterocycles. The van der Waals surface area contributed by atoms with Crippen molar-refractivity contribution in [1.29, 1.82) is 5.26 Å². The fourth-order valence-electron chi connectivity index (χ4n) is 0.587. The molecule has 0 aromatic rings. The molecule has 0 fully saturated rings. The van der Waals surface area contributed by atoms with Crippen LogP contribution in [0.15, 0.2) is 12.2 Å². The Morgan fingerprint density at radius 2 is 1.61 bits per heavy atom. The molecule has 0 atom stereocenters. The number of esters is 1. The van der Waals surface area contributed by atoms with Gasteiger partial charge in [0.2, 0.25) is 0 Å². The maximum absolute atomic E-state index is 12.6. The van der Waals surface area contributed by atoms with Gasteiger partial charge in [-0.1, -0.05) is 6.58 Å². The standard InChI is InChI=1S/C8H4F7NO2/c1-4(2-16)5(17)18-3-6(9,10)7(11,12)8(13,14)15/h1,3H2. The highest BCUT2D eigenvalue weighted by molar-refractivity contribution is 5.91. The van der Waals surface area contributed by atoms with E-state index in [0.717, 1.165) is 6.07 Å². The summed E-state index contributed by atoms with van der Waals surface area (Å²) in [6.45, 7) is 0.166. The molecule has 0 saturated carbocycles. The third-order valence-corrected chi connectivity index (χ3v) is 1.58. The lowest BCUT2D eigenvalue weighted by molar-refractivity contribution is -0.359. The van der Waals surface area contributed by atoms with E-state index in [-0.39, 0.29) is 0 Å². The number of alkyl halides is 7. The first kappa shape index (κ1) is 16.2. The largest absolute Gasteiger partial charge is 0.460 e. The first-order chi connectivity index (χ1) is 7.87. The Kier molecular flexibility index (Phi) is 4.35. The van der Waals surface area contributed by atoms with Crippen LogP contribution in [0.2, 0.25) is 0 Å². The highest BCUT2D eigenvalue weighted by Crippen LogP contribution is 2.46. The van der Waals surface area contributed by atoms with Crippen molar-refractivity contribution < 1.29 is 40.3 Å². The number of hydrogen-bond acceptors (Lipinski definition) is 3. The summed E-state index contributed by atoms with van der Waals surface area (Å²) in [7, 11) is 0. The van der Waals surface area contributed by atoms with Gasteiger partial charge in [0.1, 0.15) is 11.6 Å². The van der Waals surface area contributed by atoms with E-state index >= 15 is 0 Å². The fraction of sp³-hybridized carbons (Fsp3) is 0.500. The average molecular weight is 279 g/mol. The van der Waals surface area contributed by atoms with Gasteiger partial charge in [0.15, 0.2) is 6.61 Å². The zero-order valence-corrected chi connectivity index (χ0v) is 8.32. The molecule has 0 aliphatic carbocycles. The third kappa shape index (κ3) is 3.12. The lowest BCUT2D eigenvalue weighted by atomic mass is 10.2. The summed E-state index contributed by atoms with van der Waals surface area (Å²) < 4.78 is 88.1. The van der Waals surface area contributed by atoms with Crippen LogP contribution in [0.25, 0.3) is 0 Å². The van der Waals surface area contributed by atoms with Crippen LogP contribution in [0.1, 0.15) is 0 Å². The summed E-state index contributed by atoms with van der Waals surface area (Å²) in [4.78, 5) is 10.6. The molecule has 0 spiro atoms. The Labute approximate surface area is 95.4 Å². The van der Waals surface area contributed by atoms with Gasteiger partial charge in [-0.05, 0) is 0 Å². The van der Waals surface area contributed by atoms with E-state index in [1.165, 1.54) is 0 Å². The summed E-state index contributed by atoms with van der Waals surface area (Å²) >= 11 is 0. The van der Waals surface area contributed by atoms with Gasteiger partial charge in [0.05, 0.1) is 0 Å². The van der Waals surface area contributed by atoms with E-state index in [1.807, 2.05) is 0 Å². The number of carbonyl (C=O) groups is 1. The van der Waals surface area contributed by atoms with E-state index < -0.39 is 36.2 Å². The molecule has 0 N–H and O–H groups in total. The molecule has 3 nitrogen and oxygen atoms in total. The molecule has 0 rings (SSSR count). The summed E-state index contributed by atoms with van der Waals surface area (Å²) in [6, 6.07) is 1.05. The second-order valence-electron chi connectivity index (χ2n) is 2.94. The van der Waals surface area contributed by atoms with Crippen LogP contribution in [-0.2, 0) is 9.53 Å². The Morgan fingerprint density at radius 1 is 1.17 bits per heavy atom. The van der Waals surface area contributed by atoms with Crippen LogP contribution in [0.3, 0.4) is 0 Å². The number of rotatable bonds is 4. The minimum Gasteiger partial charge on any atom is -0.455 e. The second-order valence-corrected chi connectivity index (χ2v) is 2.94. The zero-order chi connectivity index (χ0) is 14.8. The number of nitriles is 1. The molecule has 0 bridgehead atoms. The Bertz CT molecular complexity index is 393. The van der Waals surface area contributed by atoms with Crippen LogP contribution >= 0.6 is 0 Å². The maximum Gasteiger partial charge on any atom is 0.460 e. The molecule has 0 amide bonds. The van der Waals surface area contributed by atoms with Crippen molar-refractivity contribution >= 4 is 5.97 Å². The second kappa shape index (κ2) is 4.83. The van der Waals surface area contributed by atoms with Gasteiger partial charge in [-0.15, -0.1) is 0 Å². The minimum absolute atomic E-state index is 1.01. The normalized spacial score (nSPS) is 12.8. The predicted molar refractivity (Wildman–Crippen MR) is 41.7 cm³/mol. The van der Waals surface area contributed by atoms with Crippen molar-refractivity contribution in [3.05, 3.63) is 12.2 Å². The molecular formula is C8H4F7NO2. The average Bonchev–Trinajstić information content (AvgIpc) is 2.22. The van der Waals surface area contributed by atoms with E-state index in [1.54, 1.807) is 0 Å². The molecule has 0 aromatic carbocycles. The monoisotopic (exact) mass is 279 g/mol. The first-order valence-corrected chi connectivity index (χ1v) is 3.95. The predicted octanol–water partition coefficient (Wildman–Crippen LogP) is 2.44. The van der Waals surface area contributed by atoms with Crippen LogP contribution in [0, 0.1) is 11.3 Å². The number of ether oxygens (including phenoxy) is 1. The highest BCUT2D eigenvalue weighted by Gasteiger charge is 2.73. The fourth-order valence-corrected chi connectivity index (χ4v) is 0.587. The van der Waals surface area contributed by atoms with Gasteiger partial charge >= 0.3 is 24.0 Å². The molecule has 0 unspecified atom stereocenters. The maximum atomic E-state index is 12.6. The number of hydrogen-bond donors (Lipinski definition) is 0. The van der Waals surface area contributed by atoms with Crippen molar-refractivity contribution in [2.45, 2.75) is 18.0 Å². The van der Waals surface area contributed by atoms with E-state index in [2.05, 4.69) is 11.3 Å². The third-order valence-electron chi connectivity index (χ3n) is 1.58. The van der Waals surface area contributed by atoms with Crippen LogP contribution in [-0.4, -0.2) is 30.6 Å². The summed E-state index contributed by atoms with van der Waals surface area (Å²) in [5.74, 6) is -13.8. The van der Waals surface area contributed by atoms with Gasteiger partial charge in [-0.2, -0.15) is 36.0 Å². The number of halogens is 7. The molecule has 18 heavy (non-hydrogen) atoms. The summed E-state index contributed by atoms with van der Waals surface area (Å²) in [5.41, 5.74) is -1.01. The molecule has 0 aliphatic rings. The Balaban J connectivity index is 4.84. The van der Waals surface area contributed by atoms with Gasteiger partial charge in [0.25, 0.3) is 0 Å². The van der Waals surface area contributed by atoms with Crippen molar-refractivity contribution in [3.8, 4) is 6.07 Å². The van der Waals surface area contributed by atoms with Crippen LogP contribution < -0.4 is 0 Å². The van der Waals surface area contributed by atoms with Crippen molar-refractivity contribution in [2.75, 3.05) is 6.61 Å². The SMILES string of the molecule is C=C(C#N)C(=O)OCC(F)(F)C(F)(F)C(F)(F)F. The van der Waals surface area contributed by atoms with E-state index in [4.69, 9.17) is 5.26 Å². The minimum atomic E-state index is -6.50. The summed E-state index contributed by atoms with van der Waals surface area (Å²) in [5, 5.41) is 8.06. The molecule has 0 radical (unpaired) electrons. The van der Waals surface area contributed by atoms with Gasteiger partial charge in [-0.25, -0.2) is 4.79 Å². The van der Waals surface area contributed by atoms with E-state index in [9.17, 15) is 35.5 Å². The van der Waals surface area contributed by atoms with Crippen LogP contribution in [0.4, 0.5) is 30.7 Å². The molecule has 0 saturated heterocycles. The van der Waals surface area contributed by atoms with Gasteiger partial charge in [-0.3, -0.25) is 0 Å². The molecule has 0 aliphatic heterocycles. The number of carbonyl (C=O) groups excluding carboxylic acids is 1. The topological polar surface area (TPSA) is 50.1 Å². The Morgan fingerprint density at radius 3 is 1.94 bits per heavy atom. The summed E-state index contributed by atoms with van der Waals surface area (Å²) in [6.07, 6.45) is -6.50. The molecule has 102 valence electrons. The number of nitrogens with zero attached hydrogens (tertiary/aromatic N) is 1. The molecule has 10 heteroatoms. The van der Waals surface area contributed by atoms with E-state index in [0.29, 0.717) is 0 Å². The Hall–Kier alpha value is -1.79. The van der Waals surface area contributed by atoms with Crippen molar-refractivity contribution in [2.24, 2.45) is 0 Å². The lowest BCUT2D eigenvalue weighted by Gasteiger charge is -2.27. The lowest BCUT2D eigenvalue weighted by Crippen LogP contribution is -2.54. The zero-order valence-electron chi connectivity index (χ0n) is 8.32. The van der Waals surface area contributed by atoms with Crippen molar-refractivity contribution in [1.82, 2.24) is 0 Å².